The van der Waals surface area contributed by atoms with Crippen LogP contribution in [0.3, 0.4) is 0 Å². The monoisotopic (exact) mass is 340 g/mol. The van der Waals surface area contributed by atoms with E-state index in [4.69, 9.17) is 35.4 Å². The van der Waals surface area contributed by atoms with Crippen LogP contribution in [0.25, 0.3) is 6.08 Å². The van der Waals surface area contributed by atoms with E-state index in [9.17, 15) is 9.59 Å². The fourth-order valence-electron chi connectivity index (χ4n) is 1.81. The Balaban J connectivity index is 2.42. The third-order valence-electron chi connectivity index (χ3n) is 2.69. The van der Waals surface area contributed by atoms with Crippen LogP contribution in [0, 0.1) is 0 Å². The Morgan fingerprint density at radius 3 is 2.43 bits per heavy atom. The first-order valence-corrected chi connectivity index (χ1v) is 7.04. The molecule has 2 rings (SSSR count). The lowest BCUT2D eigenvalue weighted by Gasteiger charge is -2.27. The Labute approximate surface area is 137 Å². The molecule has 1 aliphatic rings. The average molecular weight is 341 g/mol. The predicted octanol–water partition coefficient (Wildman–Crippen LogP) is 2.81. The standard InChI is InChI=1S/C14H10Cl2N2O2S/c1-2-3-18-13(20)11(12(19)17-14(18)21)6-8-4-9(15)7-10(16)5-8/h2,4-7H,1,3H2,(H,17,19,21). The normalized spacial score (nSPS) is 17.1. The van der Waals surface area contributed by atoms with E-state index in [1.807, 2.05) is 0 Å². The number of carbonyl (C=O) groups is 2. The van der Waals surface area contributed by atoms with Crippen LogP contribution < -0.4 is 5.32 Å². The molecule has 1 aromatic carbocycles. The average Bonchev–Trinajstić information content (AvgIpc) is 2.38. The van der Waals surface area contributed by atoms with Gasteiger partial charge in [-0.2, -0.15) is 0 Å². The zero-order valence-electron chi connectivity index (χ0n) is 10.7. The van der Waals surface area contributed by atoms with E-state index in [1.165, 1.54) is 17.1 Å². The molecule has 7 heteroatoms. The molecule has 0 aromatic heterocycles. The molecule has 21 heavy (non-hydrogen) atoms. The summed E-state index contributed by atoms with van der Waals surface area (Å²) in [7, 11) is 0. The van der Waals surface area contributed by atoms with E-state index in [0.717, 1.165) is 0 Å². The van der Waals surface area contributed by atoms with Crippen LogP contribution in [0.2, 0.25) is 10.0 Å². The fraction of sp³-hybridized carbons (Fsp3) is 0.0714. The maximum Gasteiger partial charge on any atom is 0.265 e. The summed E-state index contributed by atoms with van der Waals surface area (Å²) in [6, 6.07) is 4.77. The molecule has 0 spiro atoms. The highest BCUT2D eigenvalue weighted by Gasteiger charge is 2.32. The largest absolute Gasteiger partial charge is 0.298 e. The number of benzene rings is 1. The number of nitrogens with one attached hydrogen (secondary N) is 1. The summed E-state index contributed by atoms with van der Waals surface area (Å²) in [5.74, 6) is -1.04. The maximum absolute atomic E-state index is 12.3. The minimum Gasteiger partial charge on any atom is -0.298 e. The number of rotatable bonds is 3. The van der Waals surface area contributed by atoms with E-state index in [0.29, 0.717) is 15.6 Å². The molecular formula is C14H10Cl2N2O2S. The van der Waals surface area contributed by atoms with Crippen molar-refractivity contribution < 1.29 is 9.59 Å². The van der Waals surface area contributed by atoms with Crippen LogP contribution in [-0.2, 0) is 9.59 Å². The quantitative estimate of drug-likeness (QED) is 0.398. The van der Waals surface area contributed by atoms with Gasteiger partial charge in [-0.1, -0.05) is 29.3 Å². The topological polar surface area (TPSA) is 49.4 Å². The number of halogens is 2. The summed E-state index contributed by atoms with van der Waals surface area (Å²) in [6.45, 7) is 3.77. The molecule has 2 amide bonds. The maximum atomic E-state index is 12.3. The van der Waals surface area contributed by atoms with E-state index < -0.39 is 11.8 Å². The van der Waals surface area contributed by atoms with Crippen LogP contribution in [0.1, 0.15) is 5.56 Å². The van der Waals surface area contributed by atoms with Gasteiger partial charge >= 0.3 is 0 Å². The van der Waals surface area contributed by atoms with Crippen LogP contribution in [0.5, 0.6) is 0 Å². The van der Waals surface area contributed by atoms with Crippen molar-refractivity contribution in [2.24, 2.45) is 0 Å². The molecule has 0 unspecified atom stereocenters. The van der Waals surface area contributed by atoms with Gasteiger partial charge in [0.2, 0.25) is 0 Å². The van der Waals surface area contributed by atoms with Crippen molar-refractivity contribution in [3.63, 3.8) is 0 Å². The predicted molar refractivity (Wildman–Crippen MR) is 87.1 cm³/mol. The molecular weight excluding hydrogens is 331 g/mol. The minimum atomic E-state index is -0.554. The Morgan fingerprint density at radius 1 is 1.24 bits per heavy atom. The van der Waals surface area contributed by atoms with Crippen molar-refractivity contribution in [2.45, 2.75) is 0 Å². The molecule has 0 bridgehead atoms. The number of hydrogen-bond acceptors (Lipinski definition) is 3. The summed E-state index contributed by atoms with van der Waals surface area (Å²) < 4.78 is 0. The Bertz CT molecular complexity index is 665. The van der Waals surface area contributed by atoms with Gasteiger partial charge in [0.05, 0.1) is 0 Å². The Hall–Kier alpha value is -1.69. The molecule has 108 valence electrons. The van der Waals surface area contributed by atoms with Gasteiger partial charge in [0, 0.05) is 16.6 Å². The lowest BCUT2D eigenvalue weighted by Crippen LogP contribution is -2.53. The van der Waals surface area contributed by atoms with Gasteiger partial charge in [-0.3, -0.25) is 19.8 Å². The van der Waals surface area contributed by atoms with Crippen molar-refractivity contribution >= 4 is 58.4 Å². The van der Waals surface area contributed by atoms with Gasteiger partial charge in [0.15, 0.2) is 5.11 Å². The van der Waals surface area contributed by atoms with Crippen molar-refractivity contribution in [1.82, 2.24) is 10.2 Å². The molecule has 0 atom stereocenters. The van der Waals surface area contributed by atoms with E-state index in [-0.39, 0.29) is 17.2 Å². The molecule has 1 fully saturated rings. The highest BCUT2D eigenvalue weighted by Crippen LogP contribution is 2.22. The third-order valence-corrected chi connectivity index (χ3v) is 3.45. The number of amides is 2. The van der Waals surface area contributed by atoms with Gasteiger partial charge < -0.3 is 0 Å². The van der Waals surface area contributed by atoms with Crippen LogP contribution in [0.15, 0.2) is 36.4 Å². The second kappa shape index (κ2) is 6.39. The van der Waals surface area contributed by atoms with Crippen LogP contribution in [0.4, 0.5) is 0 Å². The van der Waals surface area contributed by atoms with Crippen molar-refractivity contribution in [2.75, 3.05) is 6.54 Å². The Kier molecular flexibility index (Phi) is 4.77. The van der Waals surface area contributed by atoms with Crippen molar-refractivity contribution in [3.05, 3.63) is 52.0 Å². The molecule has 0 aliphatic carbocycles. The van der Waals surface area contributed by atoms with Crippen LogP contribution in [-0.4, -0.2) is 28.4 Å². The molecule has 0 saturated carbocycles. The second-order valence-electron chi connectivity index (χ2n) is 4.22. The Morgan fingerprint density at radius 2 is 1.86 bits per heavy atom. The molecule has 1 aromatic rings. The number of nitrogens with zero attached hydrogens (tertiary/aromatic N) is 1. The SMILES string of the molecule is C=CCN1C(=O)C(=Cc2cc(Cl)cc(Cl)c2)C(=O)NC1=S. The molecule has 0 radical (unpaired) electrons. The molecule has 1 heterocycles. The molecule has 1 aliphatic heterocycles. The number of hydrogen-bond donors (Lipinski definition) is 1. The number of thiocarbonyl (C=S) groups is 1. The smallest absolute Gasteiger partial charge is 0.265 e. The van der Waals surface area contributed by atoms with Crippen molar-refractivity contribution in [1.29, 1.82) is 0 Å². The number of carbonyl (C=O) groups excluding carboxylic acids is 2. The minimum absolute atomic E-state index is 0.0382. The van der Waals surface area contributed by atoms with Gasteiger partial charge in [0.1, 0.15) is 5.57 Å². The second-order valence-corrected chi connectivity index (χ2v) is 5.48. The van der Waals surface area contributed by atoms with Crippen molar-refractivity contribution in [3.8, 4) is 0 Å². The first-order chi connectivity index (χ1) is 9.92. The molecule has 4 nitrogen and oxygen atoms in total. The van der Waals surface area contributed by atoms with Gasteiger partial charge in [-0.25, -0.2) is 0 Å². The molecule has 1 N–H and O–H groups in total. The third kappa shape index (κ3) is 3.50. The summed E-state index contributed by atoms with van der Waals surface area (Å²) in [4.78, 5) is 25.5. The fourth-order valence-corrected chi connectivity index (χ4v) is 2.61. The highest BCUT2D eigenvalue weighted by atomic mass is 35.5. The lowest BCUT2D eigenvalue weighted by molar-refractivity contribution is -0.128. The van der Waals surface area contributed by atoms with Gasteiger partial charge in [-0.05, 0) is 42.1 Å². The van der Waals surface area contributed by atoms with Gasteiger partial charge in [0.25, 0.3) is 11.8 Å². The summed E-state index contributed by atoms with van der Waals surface area (Å²) in [6.07, 6.45) is 2.95. The zero-order chi connectivity index (χ0) is 15.6. The van der Waals surface area contributed by atoms with Gasteiger partial charge in [-0.15, -0.1) is 6.58 Å². The van der Waals surface area contributed by atoms with E-state index in [1.54, 1.807) is 18.2 Å². The van der Waals surface area contributed by atoms with Crippen LogP contribution >= 0.6 is 35.4 Å². The zero-order valence-corrected chi connectivity index (χ0v) is 13.1. The lowest BCUT2D eigenvalue weighted by atomic mass is 10.1. The summed E-state index contributed by atoms with van der Waals surface area (Å²) in [5, 5.41) is 3.35. The first-order valence-electron chi connectivity index (χ1n) is 5.88. The highest BCUT2D eigenvalue weighted by molar-refractivity contribution is 7.80. The molecule has 1 saturated heterocycles. The van der Waals surface area contributed by atoms with E-state index >= 15 is 0 Å². The van der Waals surface area contributed by atoms with E-state index in [2.05, 4.69) is 11.9 Å². The first kappa shape index (κ1) is 15.7. The summed E-state index contributed by atoms with van der Waals surface area (Å²) in [5.41, 5.74) is 0.515. The summed E-state index contributed by atoms with van der Waals surface area (Å²) >= 11 is 16.8.